The average Bonchev–Trinajstić information content (AvgIpc) is 3.26. The third-order valence-corrected chi connectivity index (χ3v) is 6.39. The third-order valence-electron chi connectivity index (χ3n) is 4.04. The van der Waals surface area contributed by atoms with E-state index in [1.165, 1.54) is 17.6 Å². The minimum absolute atomic E-state index is 0.00403. The topological polar surface area (TPSA) is 79.6 Å². The maximum absolute atomic E-state index is 12.4. The summed E-state index contributed by atoms with van der Waals surface area (Å²) in [6.45, 7) is 1.32. The van der Waals surface area contributed by atoms with Gasteiger partial charge >= 0.3 is 0 Å². The standard InChI is InChI=1S/C16H20N2O4S2/c19-16(15-6-3-9-23-15)18-7-1-4-13(11-18)12-24(20,21)17-10-14-5-2-8-22-14/h2-3,5-6,8-9,13,17H,1,4,7,10-12H2/t13-/m0/s1. The van der Waals surface area contributed by atoms with Crippen molar-refractivity contribution < 1.29 is 17.6 Å². The van der Waals surface area contributed by atoms with Crippen LogP contribution in [0.25, 0.3) is 0 Å². The molecule has 1 aliphatic rings. The SMILES string of the molecule is O=C(c1cccs1)N1CCC[C@H](CS(=O)(=O)NCc2ccco2)C1. The summed E-state index contributed by atoms with van der Waals surface area (Å²) < 4.78 is 32.2. The van der Waals surface area contributed by atoms with Gasteiger partial charge in [0.25, 0.3) is 5.91 Å². The Kier molecular flexibility index (Phi) is 5.37. The number of furan rings is 1. The molecule has 1 amide bonds. The molecule has 1 saturated heterocycles. The Morgan fingerprint density at radius 3 is 2.96 bits per heavy atom. The normalized spacial score (nSPS) is 18.7. The molecule has 3 rings (SSSR count). The maximum atomic E-state index is 12.4. The average molecular weight is 368 g/mol. The fraction of sp³-hybridized carbons (Fsp3) is 0.438. The first kappa shape index (κ1) is 17.2. The highest BCUT2D eigenvalue weighted by molar-refractivity contribution is 7.89. The Balaban J connectivity index is 1.55. The number of hydrogen-bond donors (Lipinski definition) is 1. The van der Waals surface area contributed by atoms with Crippen LogP contribution in [-0.4, -0.2) is 38.1 Å². The van der Waals surface area contributed by atoms with Crippen LogP contribution in [0.15, 0.2) is 40.3 Å². The van der Waals surface area contributed by atoms with Crippen LogP contribution in [0.3, 0.4) is 0 Å². The Morgan fingerprint density at radius 2 is 2.25 bits per heavy atom. The number of amides is 1. The summed E-state index contributed by atoms with van der Waals surface area (Å²) in [5, 5.41) is 1.87. The molecule has 0 aromatic carbocycles. The number of thiophene rings is 1. The van der Waals surface area contributed by atoms with Crippen molar-refractivity contribution in [2.45, 2.75) is 19.4 Å². The molecule has 0 aliphatic carbocycles. The van der Waals surface area contributed by atoms with E-state index in [-0.39, 0.29) is 24.1 Å². The first-order chi connectivity index (χ1) is 11.5. The van der Waals surface area contributed by atoms with E-state index in [1.54, 1.807) is 23.1 Å². The fourth-order valence-electron chi connectivity index (χ4n) is 2.91. The van der Waals surface area contributed by atoms with Crippen LogP contribution >= 0.6 is 11.3 Å². The van der Waals surface area contributed by atoms with Crippen molar-refractivity contribution in [3.8, 4) is 0 Å². The van der Waals surface area contributed by atoms with Crippen molar-refractivity contribution in [3.63, 3.8) is 0 Å². The number of carbonyl (C=O) groups excluding carboxylic acids is 1. The molecule has 24 heavy (non-hydrogen) atoms. The third kappa shape index (κ3) is 4.46. The zero-order valence-electron chi connectivity index (χ0n) is 13.2. The molecule has 0 radical (unpaired) electrons. The lowest BCUT2D eigenvalue weighted by atomic mass is 10.00. The summed E-state index contributed by atoms with van der Waals surface area (Å²) in [7, 11) is -3.41. The summed E-state index contributed by atoms with van der Waals surface area (Å²) in [5.41, 5.74) is 0. The lowest BCUT2D eigenvalue weighted by Gasteiger charge is -2.32. The highest BCUT2D eigenvalue weighted by Gasteiger charge is 2.28. The van der Waals surface area contributed by atoms with Crippen LogP contribution in [0.4, 0.5) is 0 Å². The molecule has 1 N–H and O–H groups in total. The smallest absolute Gasteiger partial charge is 0.263 e. The largest absolute Gasteiger partial charge is 0.468 e. The molecular weight excluding hydrogens is 348 g/mol. The van der Waals surface area contributed by atoms with E-state index in [4.69, 9.17) is 4.42 Å². The van der Waals surface area contributed by atoms with Crippen LogP contribution < -0.4 is 4.72 Å². The predicted octanol–water partition coefficient (Wildman–Crippen LogP) is 2.31. The summed E-state index contributed by atoms with van der Waals surface area (Å²) in [6, 6.07) is 7.10. The summed E-state index contributed by atoms with van der Waals surface area (Å²) in [6.07, 6.45) is 3.16. The van der Waals surface area contributed by atoms with Crippen molar-refractivity contribution in [1.29, 1.82) is 0 Å². The van der Waals surface area contributed by atoms with Gasteiger partial charge in [0, 0.05) is 13.1 Å². The van der Waals surface area contributed by atoms with E-state index in [9.17, 15) is 13.2 Å². The summed E-state index contributed by atoms with van der Waals surface area (Å²) in [5.74, 6) is 0.561. The van der Waals surface area contributed by atoms with Gasteiger partial charge in [0.2, 0.25) is 10.0 Å². The van der Waals surface area contributed by atoms with Gasteiger partial charge in [0.15, 0.2) is 0 Å². The van der Waals surface area contributed by atoms with Gasteiger partial charge in [-0.2, -0.15) is 0 Å². The molecule has 0 unspecified atom stereocenters. The van der Waals surface area contributed by atoms with Gasteiger partial charge < -0.3 is 9.32 Å². The second kappa shape index (κ2) is 7.50. The first-order valence-electron chi connectivity index (χ1n) is 7.86. The molecule has 8 heteroatoms. The Bertz CT molecular complexity index is 754. The maximum Gasteiger partial charge on any atom is 0.263 e. The number of carbonyl (C=O) groups is 1. The molecule has 2 aromatic heterocycles. The highest BCUT2D eigenvalue weighted by Crippen LogP contribution is 2.21. The number of nitrogens with zero attached hydrogens (tertiary/aromatic N) is 1. The predicted molar refractivity (Wildman–Crippen MR) is 92.3 cm³/mol. The van der Waals surface area contributed by atoms with Gasteiger partial charge in [-0.15, -0.1) is 11.3 Å². The quantitative estimate of drug-likeness (QED) is 0.848. The minimum atomic E-state index is -3.41. The second-order valence-electron chi connectivity index (χ2n) is 5.92. The van der Waals surface area contributed by atoms with Crippen LogP contribution in [0.1, 0.15) is 28.3 Å². The van der Waals surface area contributed by atoms with Gasteiger partial charge in [-0.3, -0.25) is 4.79 Å². The molecule has 0 spiro atoms. The van der Waals surface area contributed by atoms with E-state index in [2.05, 4.69) is 4.72 Å². The number of piperidine rings is 1. The zero-order valence-corrected chi connectivity index (χ0v) is 14.8. The molecule has 1 aliphatic heterocycles. The Morgan fingerprint density at radius 1 is 1.38 bits per heavy atom. The van der Waals surface area contributed by atoms with E-state index in [1.807, 2.05) is 11.4 Å². The van der Waals surface area contributed by atoms with Gasteiger partial charge in [0.1, 0.15) is 5.76 Å². The lowest BCUT2D eigenvalue weighted by molar-refractivity contribution is 0.0689. The molecule has 130 valence electrons. The molecule has 1 atom stereocenters. The van der Waals surface area contributed by atoms with E-state index in [0.29, 0.717) is 23.7 Å². The monoisotopic (exact) mass is 368 g/mol. The Labute approximate surface area is 145 Å². The van der Waals surface area contributed by atoms with E-state index < -0.39 is 10.0 Å². The van der Waals surface area contributed by atoms with Gasteiger partial charge in [-0.1, -0.05) is 6.07 Å². The van der Waals surface area contributed by atoms with Crippen molar-refractivity contribution in [3.05, 3.63) is 46.5 Å². The summed E-state index contributed by atoms with van der Waals surface area (Å²) in [4.78, 5) is 14.9. The van der Waals surface area contributed by atoms with Crippen LogP contribution in [-0.2, 0) is 16.6 Å². The molecule has 3 heterocycles. The minimum Gasteiger partial charge on any atom is -0.468 e. The fourth-order valence-corrected chi connectivity index (χ4v) is 4.97. The van der Waals surface area contributed by atoms with Crippen molar-refractivity contribution >= 4 is 27.3 Å². The molecule has 6 nitrogen and oxygen atoms in total. The van der Waals surface area contributed by atoms with Crippen LogP contribution in [0.5, 0.6) is 0 Å². The molecular formula is C16H20N2O4S2. The van der Waals surface area contributed by atoms with Gasteiger partial charge in [-0.05, 0) is 42.3 Å². The zero-order chi connectivity index (χ0) is 17.0. The first-order valence-corrected chi connectivity index (χ1v) is 10.4. The number of rotatable bonds is 6. The van der Waals surface area contributed by atoms with Gasteiger partial charge in [0.05, 0.1) is 23.4 Å². The number of sulfonamides is 1. The van der Waals surface area contributed by atoms with Crippen LogP contribution in [0.2, 0.25) is 0 Å². The molecule has 2 aromatic rings. The van der Waals surface area contributed by atoms with E-state index in [0.717, 1.165) is 12.8 Å². The van der Waals surface area contributed by atoms with Gasteiger partial charge in [-0.25, -0.2) is 13.1 Å². The van der Waals surface area contributed by atoms with Crippen molar-refractivity contribution in [2.24, 2.45) is 5.92 Å². The molecule has 0 saturated carbocycles. The van der Waals surface area contributed by atoms with Crippen LogP contribution in [0, 0.1) is 5.92 Å². The second-order valence-corrected chi connectivity index (χ2v) is 8.72. The van der Waals surface area contributed by atoms with E-state index >= 15 is 0 Å². The van der Waals surface area contributed by atoms with Crippen molar-refractivity contribution in [2.75, 3.05) is 18.8 Å². The highest BCUT2D eigenvalue weighted by atomic mass is 32.2. The molecule has 1 fully saturated rings. The summed E-state index contributed by atoms with van der Waals surface area (Å²) >= 11 is 1.41. The number of nitrogens with one attached hydrogen (secondary N) is 1. The lowest BCUT2D eigenvalue weighted by Crippen LogP contribution is -2.43. The molecule has 0 bridgehead atoms. The number of hydrogen-bond acceptors (Lipinski definition) is 5. The Hall–Kier alpha value is -1.64. The number of likely N-dealkylation sites (tertiary alicyclic amines) is 1. The van der Waals surface area contributed by atoms with Crippen molar-refractivity contribution in [1.82, 2.24) is 9.62 Å².